The quantitative estimate of drug-likeness (QED) is 0.824. The van der Waals surface area contributed by atoms with Gasteiger partial charge in [0.2, 0.25) is 10.0 Å². The van der Waals surface area contributed by atoms with Crippen LogP contribution in [0.1, 0.15) is 49.4 Å². The predicted molar refractivity (Wildman–Crippen MR) is 100.0 cm³/mol. The molecule has 2 aliphatic heterocycles. The highest BCUT2D eigenvalue weighted by Gasteiger charge is 2.27. The summed E-state index contributed by atoms with van der Waals surface area (Å²) >= 11 is 6.12. The molecule has 0 aromatic heterocycles. The fourth-order valence-electron chi connectivity index (χ4n) is 3.49. The van der Waals surface area contributed by atoms with Crippen molar-refractivity contribution in [3.8, 4) is 0 Å². The first-order valence-corrected chi connectivity index (χ1v) is 11.0. The first-order chi connectivity index (χ1) is 12.4. The van der Waals surface area contributed by atoms with Crippen LogP contribution in [-0.4, -0.2) is 51.1 Å². The Kier molecular flexibility index (Phi) is 6.22. The molecular weight excluding hydrogens is 376 g/mol. The molecule has 1 aromatic carbocycles. The number of hydrogen-bond donors (Lipinski definition) is 1. The summed E-state index contributed by atoms with van der Waals surface area (Å²) in [6.45, 7) is 3.58. The molecule has 0 radical (unpaired) electrons. The molecule has 2 atom stereocenters. The predicted octanol–water partition coefficient (Wildman–Crippen LogP) is 2.81. The number of halogens is 1. The number of sulfonamides is 1. The van der Waals surface area contributed by atoms with Crippen molar-refractivity contribution in [1.29, 1.82) is 0 Å². The van der Waals surface area contributed by atoms with Crippen LogP contribution in [0.5, 0.6) is 0 Å². The largest absolute Gasteiger partial charge is 0.377 e. The average Bonchev–Trinajstić information content (AvgIpc) is 3.14. The van der Waals surface area contributed by atoms with E-state index in [4.69, 9.17) is 16.3 Å². The Bertz CT molecular complexity index is 762. The first-order valence-electron chi connectivity index (χ1n) is 9.10. The van der Waals surface area contributed by atoms with Crippen LogP contribution in [-0.2, 0) is 14.8 Å². The van der Waals surface area contributed by atoms with Gasteiger partial charge >= 0.3 is 0 Å². The smallest absolute Gasteiger partial charge is 0.254 e. The molecule has 26 heavy (non-hydrogen) atoms. The number of likely N-dealkylation sites (tertiary alicyclic amines) is 1. The van der Waals surface area contributed by atoms with Gasteiger partial charge in [0.15, 0.2) is 0 Å². The van der Waals surface area contributed by atoms with E-state index in [9.17, 15) is 13.2 Å². The second-order valence-corrected chi connectivity index (χ2v) is 9.12. The second-order valence-electron chi connectivity index (χ2n) is 6.98. The lowest BCUT2D eigenvalue weighted by Crippen LogP contribution is -2.42. The van der Waals surface area contributed by atoms with Gasteiger partial charge in [0, 0.05) is 31.3 Å². The van der Waals surface area contributed by atoms with Crippen LogP contribution in [0, 0.1) is 0 Å². The van der Waals surface area contributed by atoms with E-state index in [1.165, 1.54) is 12.1 Å². The Balaban J connectivity index is 1.79. The van der Waals surface area contributed by atoms with E-state index in [-0.39, 0.29) is 34.5 Å². The number of hydrogen-bond acceptors (Lipinski definition) is 4. The molecule has 8 heteroatoms. The molecule has 0 unspecified atom stereocenters. The number of benzene rings is 1. The topological polar surface area (TPSA) is 75.7 Å². The van der Waals surface area contributed by atoms with Crippen molar-refractivity contribution >= 4 is 27.5 Å². The van der Waals surface area contributed by atoms with E-state index >= 15 is 0 Å². The molecule has 0 bridgehead atoms. The van der Waals surface area contributed by atoms with Crippen LogP contribution in [0.4, 0.5) is 0 Å². The zero-order valence-electron chi connectivity index (χ0n) is 14.9. The highest BCUT2D eigenvalue weighted by molar-refractivity contribution is 7.89. The van der Waals surface area contributed by atoms with E-state index in [1.54, 1.807) is 6.07 Å². The van der Waals surface area contributed by atoms with Gasteiger partial charge in [-0.15, -0.1) is 0 Å². The molecule has 2 saturated heterocycles. The van der Waals surface area contributed by atoms with Crippen LogP contribution in [0.25, 0.3) is 0 Å². The molecule has 1 amide bonds. The van der Waals surface area contributed by atoms with Crippen molar-refractivity contribution in [2.24, 2.45) is 0 Å². The van der Waals surface area contributed by atoms with Crippen molar-refractivity contribution in [2.45, 2.75) is 56.1 Å². The van der Waals surface area contributed by atoms with Crippen molar-refractivity contribution < 1.29 is 17.9 Å². The van der Waals surface area contributed by atoms with Crippen molar-refractivity contribution in [2.75, 3.05) is 19.7 Å². The van der Waals surface area contributed by atoms with Crippen molar-refractivity contribution in [1.82, 2.24) is 9.62 Å². The van der Waals surface area contributed by atoms with E-state index < -0.39 is 10.0 Å². The van der Waals surface area contributed by atoms with Gasteiger partial charge in [0.1, 0.15) is 4.90 Å². The lowest BCUT2D eigenvalue weighted by molar-refractivity contribution is 0.0635. The molecule has 1 aromatic rings. The standard InChI is InChI=1S/C18H25ClN2O4S/c1-13-5-2-3-9-21(13)18(22)14-7-8-16(19)17(11-14)26(23,24)20-12-15-6-4-10-25-15/h7-8,11,13,15,20H,2-6,9-10,12H2,1H3/t13-,15-/m0/s1. The minimum Gasteiger partial charge on any atom is -0.377 e. The van der Waals surface area contributed by atoms with E-state index in [1.807, 2.05) is 11.8 Å². The van der Waals surface area contributed by atoms with Crippen LogP contribution in [0.15, 0.2) is 23.1 Å². The van der Waals surface area contributed by atoms with Crippen LogP contribution < -0.4 is 4.72 Å². The van der Waals surface area contributed by atoms with Gasteiger partial charge in [-0.2, -0.15) is 0 Å². The highest BCUT2D eigenvalue weighted by atomic mass is 35.5. The molecule has 2 heterocycles. The highest BCUT2D eigenvalue weighted by Crippen LogP contribution is 2.25. The molecule has 0 aliphatic carbocycles. The molecule has 1 N–H and O–H groups in total. The Labute approximate surface area is 159 Å². The van der Waals surface area contributed by atoms with Crippen LogP contribution in [0.3, 0.4) is 0 Å². The summed E-state index contributed by atoms with van der Waals surface area (Å²) in [6, 6.07) is 4.60. The first kappa shape index (κ1) is 19.6. The number of carbonyl (C=O) groups is 1. The molecule has 0 spiro atoms. The minimum absolute atomic E-state index is 0.0623. The summed E-state index contributed by atoms with van der Waals surface area (Å²) in [4.78, 5) is 14.6. The van der Waals surface area contributed by atoms with Gasteiger partial charge in [-0.1, -0.05) is 11.6 Å². The number of carbonyl (C=O) groups excluding carboxylic acids is 1. The maximum atomic E-state index is 12.8. The third kappa shape index (κ3) is 4.39. The molecular formula is C18H25ClN2O4S. The van der Waals surface area contributed by atoms with Crippen LogP contribution >= 0.6 is 11.6 Å². The average molecular weight is 401 g/mol. The number of rotatable bonds is 5. The number of nitrogens with zero attached hydrogens (tertiary/aromatic N) is 1. The lowest BCUT2D eigenvalue weighted by Gasteiger charge is -2.33. The second kappa shape index (κ2) is 8.25. The summed E-state index contributed by atoms with van der Waals surface area (Å²) in [5, 5.41) is 0.105. The molecule has 3 rings (SSSR count). The zero-order chi connectivity index (χ0) is 18.7. The Morgan fingerprint density at radius 3 is 2.81 bits per heavy atom. The monoisotopic (exact) mass is 400 g/mol. The van der Waals surface area contributed by atoms with Crippen molar-refractivity contribution in [3.05, 3.63) is 28.8 Å². The maximum Gasteiger partial charge on any atom is 0.254 e. The maximum absolute atomic E-state index is 12.8. The van der Waals surface area contributed by atoms with Gasteiger partial charge in [-0.25, -0.2) is 13.1 Å². The van der Waals surface area contributed by atoms with E-state index in [2.05, 4.69) is 4.72 Å². The molecule has 2 aliphatic rings. The van der Waals surface area contributed by atoms with Gasteiger partial charge in [0.05, 0.1) is 11.1 Å². The van der Waals surface area contributed by atoms with Gasteiger partial charge in [-0.05, 0) is 57.2 Å². The summed E-state index contributed by atoms with van der Waals surface area (Å²) in [7, 11) is -3.81. The van der Waals surface area contributed by atoms with Crippen molar-refractivity contribution in [3.63, 3.8) is 0 Å². The third-order valence-corrected chi connectivity index (χ3v) is 6.96. The van der Waals surface area contributed by atoms with E-state index in [0.29, 0.717) is 18.7 Å². The fraction of sp³-hybridized carbons (Fsp3) is 0.611. The SMILES string of the molecule is C[C@H]1CCCCN1C(=O)c1ccc(Cl)c(S(=O)(=O)NC[C@@H]2CCCO2)c1. The molecule has 6 nitrogen and oxygen atoms in total. The number of amides is 1. The van der Waals surface area contributed by atoms with Gasteiger partial charge in [0.25, 0.3) is 5.91 Å². The summed E-state index contributed by atoms with van der Waals surface area (Å²) in [5.41, 5.74) is 0.348. The Hall–Kier alpha value is -1.15. The fourth-order valence-corrected chi connectivity index (χ4v) is 5.08. The van der Waals surface area contributed by atoms with Gasteiger partial charge < -0.3 is 9.64 Å². The molecule has 0 saturated carbocycles. The zero-order valence-corrected chi connectivity index (χ0v) is 16.5. The molecule has 2 fully saturated rings. The summed E-state index contributed by atoms with van der Waals surface area (Å²) in [5.74, 6) is -0.149. The van der Waals surface area contributed by atoms with E-state index in [0.717, 1.165) is 32.1 Å². The molecule has 144 valence electrons. The Morgan fingerprint density at radius 2 is 2.12 bits per heavy atom. The van der Waals surface area contributed by atoms with Gasteiger partial charge in [-0.3, -0.25) is 4.79 Å². The number of piperidine rings is 1. The number of ether oxygens (including phenoxy) is 1. The van der Waals surface area contributed by atoms with Crippen LogP contribution in [0.2, 0.25) is 5.02 Å². The summed E-state index contributed by atoms with van der Waals surface area (Å²) in [6.07, 6.45) is 4.71. The lowest BCUT2D eigenvalue weighted by atomic mass is 10.0. The summed E-state index contributed by atoms with van der Waals surface area (Å²) < 4.78 is 33.3. The Morgan fingerprint density at radius 1 is 1.31 bits per heavy atom. The third-order valence-electron chi connectivity index (χ3n) is 5.06. The minimum atomic E-state index is -3.81. The number of nitrogens with one attached hydrogen (secondary N) is 1. The normalized spacial score (nSPS) is 24.0.